The molecule has 0 N–H and O–H groups in total. The Hall–Kier alpha value is -2.11. The summed E-state index contributed by atoms with van der Waals surface area (Å²) in [5, 5.41) is 6.85. The van der Waals surface area contributed by atoms with Gasteiger partial charge in [0.2, 0.25) is 0 Å². The zero-order chi connectivity index (χ0) is 19.3. The Kier molecular flexibility index (Phi) is 6.13. The standard InChI is InChI=1S/C23H30N2O3/c1-26-22-8-7-17-14-19(6-5-18(17)15-22)23(24-27-2)20-4-3-11-25(16-20)21-9-12-28-13-10-21/h5-8,14-15,20-21H,3-4,9-13,16H2,1-2H3/b24-23-. The highest BCUT2D eigenvalue weighted by atomic mass is 16.6. The van der Waals surface area contributed by atoms with Gasteiger partial charge in [-0.3, -0.25) is 4.90 Å². The molecule has 1 unspecified atom stereocenters. The molecule has 1 atom stereocenters. The molecular weight excluding hydrogens is 352 g/mol. The molecule has 0 aliphatic carbocycles. The number of ether oxygens (including phenoxy) is 2. The SMILES string of the molecule is CO/N=C(/c1ccc2cc(OC)ccc2c1)C1CCCN(C2CCOCC2)C1. The number of fused-ring (bicyclic) bond motifs is 1. The molecule has 2 aromatic rings. The van der Waals surface area contributed by atoms with Crippen molar-refractivity contribution in [2.75, 3.05) is 40.5 Å². The third-order valence-corrected chi connectivity index (χ3v) is 6.08. The van der Waals surface area contributed by atoms with Crippen molar-refractivity contribution in [1.29, 1.82) is 0 Å². The van der Waals surface area contributed by atoms with Gasteiger partial charge in [-0.2, -0.15) is 0 Å². The van der Waals surface area contributed by atoms with Crippen molar-refractivity contribution in [3.8, 4) is 5.75 Å². The first-order valence-electron chi connectivity index (χ1n) is 10.3. The maximum Gasteiger partial charge on any atom is 0.119 e. The third kappa shape index (κ3) is 4.15. The predicted molar refractivity (Wildman–Crippen MR) is 112 cm³/mol. The summed E-state index contributed by atoms with van der Waals surface area (Å²) in [6.45, 7) is 4.00. The first-order chi connectivity index (χ1) is 13.8. The topological polar surface area (TPSA) is 43.3 Å². The highest BCUT2D eigenvalue weighted by Gasteiger charge is 2.30. The van der Waals surface area contributed by atoms with E-state index in [-0.39, 0.29) is 0 Å². The van der Waals surface area contributed by atoms with E-state index in [1.54, 1.807) is 14.2 Å². The molecule has 2 aliphatic heterocycles. The van der Waals surface area contributed by atoms with Gasteiger partial charge in [-0.15, -0.1) is 0 Å². The maximum absolute atomic E-state index is 5.55. The fraction of sp³-hybridized carbons (Fsp3) is 0.522. The Morgan fingerprint density at radius 2 is 1.82 bits per heavy atom. The molecule has 2 aromatic carbocycles. The fourth-order valence-corrected chi connectivity index (χ4v) is 4.58. The normalized spacial score (nSPS) is 22.4. The summed E-state index contributed by atoms with van der Waals surface area (Å²) >= 11 is 0. The van der Waals surface area contributed by atoms with Crippen LogP contribution in [0.2, 0.25) is 0 Å². The van der Waals surface area contributed by atoms with Crippen LogP contribution in [-0.4, -0.2) is 57.2 Å². The van der Waals surface area contributed by atoms with Gasteiger partial charge in [-0.05, 0) is 61.2 Å². The largest absolute Gasteiger partial charge is 0.497 e. The summed E-state index contributed by atoms with van der Waals surface area (Å²) in [5.41, 5.74) is 2.22. The lowest BCUT2D eigenvalue weighted by Gasteiger charge is -2.40. The molecule has 0 spiro atoms. The Morgan fingerprint density at radius 3 is 2.61 bits per heavy atom. The quantitative estimate of drug-likeness (QED) is 0.577. The first-order valence-corrected chi connectivity index (χ1v) is 10.3. The van der Waals surface area contributed by atoms with Gasteiger partial charge < -0.3 is 14.3 Å². The monoisotopic (exact) mass is 382 g/mol. The maximum atomic E-state index is 5.55. The molecule has 0 aromatic heterocycles. The lowest BCUT2D eigenvalue weighted by Crippen LogP contribution is -2.46. The molecule has 28 heavy (non-hydrogen) atoms. The van der Waals surface area contributed by atoms with Gasteiger partial charge in [0.1, 0.15) is 12.9 Å². The highest BCUT2D eigenvalue weighted by Crippen LogP contribution is 2.28. The number of hydrogen-bond donors (Lipinski definition) is 0. The van der Waals surface area contributed by atoms with Crippen molar-refractivity contribution >= 4 is 16.5 Å². The van der Waals surface area contributed by atoms with E-state index in [4.69, 9.17) is 14.3 Å². The zero-order valence-electron chi connectivity index (χ0n) is 16.9. The van der Waals surface area contributed by atoms with Crippen LogP contribution in [0.15, 0.2) is 41.6 Å². The Balaban J connectivity index is 1.58. The Morgan fingerprint density at radius 1 is 1.04 bits per heavy atom. The van der Waals surface area contributed by atoms with Gasteiger partial charge in [0.05, 0.1) is 12.8 Å². The molecule has 2 saturated heterocycles. The molecule has 4 rings (SSSR count). The fourth-order valence-electron chi connectivity index (χ4n) is 4.58. The number of methoxy groups -OCH3 is 1. The van der Waals surface area contributed by atoms with Crippen molar-refractivity contribution in [3.63, 3.8) is 0 Å². The molecule has 2 fully saturated rings. The van der Waals surface area contributed by atoms with Gasteiger partial charge in [0, 0.05) is 37.3 Å². The summed E-state index contributed by atoms with van der Waals surface area (Å²) in [6, 6.07) is 13.4. The van der Waals surface area contributed by atoms with Crippen molar-refractivity contribution in [2.45, 2.75) is 31.7 Å². The van der Waals surface area contributed by atoms with E-state index >= 15 is 0 Å². The molecule has 5 heteroatoms. The van der Waals surface area contributed by atoms with Crippen molar-refractivity contribution in [2.24, 2.45) is 11.1 Å². The van der Waals surface area contributed by atoms with Crippen LogP contribution >= 0.6 is 0 Å². The molecule has 0 bridgehead atoms. The minimum absolute atomic E-state index is 0.396. The van der Waals surface area contributed by atoms with Crippen molar-refractivity contribution in [1.82, 2.24) is 4.90 Å². The third-order valence-electron chi connectivity index (χ3n) is 6.08. The predicted octanol–water partition coefficient (Wildman–Crippen LogP) is 4.09. The lowest BCUT2D eigenvalue weighted by atomic mass is 9.87. The second-order valence-electron chi connectivity index (χ2n) is 7.76. The number of benzene rings is 2. The highest BCUT2D eigenvalue weighted by molar-refractivity contribution is 6.04. The first kappa shape index (κ1) is 19.2. The van der Waals surface area contributed by atoms with Crippen LogP contribution in [0.4, 0.5) is 0 Å². The number of piperidine rings is 1. The number of likely N-dealkylation sites (tertiary alicyclic amines) is 1. The van der Waals surface area contributed by atoms with E-state index in [9.17, 15) is 0 Å². The molecule has 0 amide bonds. The summed E-state index contributed by atoms with van der Waals surface area (Å²) in [7, 11) is 3.34. The Labute approximate surface area is 167 Å². The van der Waals surface area contributed by atoms with E-state index < -0.39 is 0 Å². The van der Waals surface area contributed by atoms with Gasteiger partial charge >= 0.3 is 0 Å². The molecule has 2 aliphatic rings. The average Bonchev–Trinajstić information content (AvgIpc) is 2.77. The summed E-state index contributed by atoms with van der Waals surface area (Å²) in [5.74, 6) is 1.28. The second-order valence-corrected chi connectivity index (χ2v) is 7.76. The van der Waals surface area contributed by atoms with Crippen LogP contribution < -0.4 is 4.74 Å². The van der Waals surface area contributed by atoms with Gasteiger partial charge in [-0.25, -0.2) is 0 Å². The average molecular weight is 383 g/mol. The van der Waals surface area contributed by atoms with E-state index in [1.807, 2.05) is 6.07 Å². The van der Waals surface area contributed by atoms with Crippen LogP contribution in [0.1, 0.15) is 31.2 Å². The second kappa shape index (κ2) is 8.93. The van der Waals surface area contributed by atoms with Crippen LogP contribution in [0, 0.1) is 5.92 Å². The molecule has 150 valence electrons. The number of nitrogens with zero attached hydrogens (tertiary/aromatic N) is 2. The number of hydrogen-bond acceptors (Lipinski definition) is 5. The summed E-state index contributed by atoms with van der Waals surface area (Å²) in [4.78, 5) is 7.92. The number of rotatable bonds is 5. The van der Waals surface area contributed by atoms with Crippen LogP contribution in [0.5, 0.6) is 5.75 Å². The van der Waals surface area contributed by atoms with Gasteiger partial charge in [-0.1, -0.05) is 23.4 Å². The zero-order valence-corrected chi connectivity index (χ0v) is 16.9. The van der Waals surface area contributed by atoms with Crippen LogP contribution in [0.25, 0.3) is 10.8 Å². The smallest absolute Gasteiger partial charge is 0.119 e. The van der Waals surface area contributed by atoms with E-state index in [1.165, 1.54) is 23.7 Å². The van der Waals surface area contributed by atoms with Crippen LogP contribution in [-0.2, 0) is 9.57 Å². The van der Waals surface area contributed by atoms with Gasteiger partial charge in [0.25, 0.3) is 0 Å². The Bertz CT molecular complexity index is 830. The molecule has 5 nitrogen and oxygen atoms in total. The van der Waals surface area contributed by atoms with E-state index in [2.05, 4.69) is 40.4 Å². The van der Waals surface area contributed by atoms with Crippen molar-refractivity contribution in [3.05, 3.63) is 42.0 Å². The molecule has 0 radical (unpaired) electrons. The van der Waals surface area contributed by atoms with E-state index in [0.29, 0.717) is 12.0 Å². The summed E-state index contributed by atoms with van der Waals surface area (Å²) in [6.07, 6.45) is 4.64. The lowest BCUT2D eigenvalue weighted by molar-refractivity contribution is 0.0229. The van der Waals surface area contributed by atoms with Crippen LogP contribution in [0.3, 0.4) is 0 Å². The molecule has 0 saturated carbocycles. The number of oxime groups is 1. The minimum atomic E-state index is 0.396. The minimum Gasteiger partial charge on any atom is -0.497 e. The van der Waals surface area contributed by atoms with Crippen molar-refractivity contribution < 1.29 is 14.3 Å². The van der Waals surface area contributed by atoms with Gasteiger partial charge in [0.15, 0.2) is 0 Å². The molecular formula is C23H30N2O3. The summed E-state index contributed by atoms with van der Waals surface area (Å²) < 4.78 is 10.9. The molecule has 2 heterocycles. The van der Waals surface area contributed by atoms with E-state index in [0.717, 1.165) is 56.0 Å².